The van der Waals surface area contributed by atoms with Crippen LogP contribution in [0.25, 0.3) is 0 Å². The maximum atomic E-state index is 13.6. The van der Waals surface area contributed by atoms with Gasteiger partial charge in [0.25, 0.3) is 5.79 Å². The van der Waals surface area contributed by atoms with Gasteiger partial charge in [0.15, 0.2) is 0 Å². The van der Waals surface area contributed by atoms with Gasteiger partial charge in [0.1, 0.15) is 5.78 Å². The third kappa shape index (κ3) is 3.10. The van der Waals surface area contributed by atoms with Crippen molar-refractivity contribution in [2.45, 2.75) is 90.8 Å². The van der Waals surface area contributed by atoms with E-state index in [1.165, 1.54) is 38.5 Å². The molecule has 5 heteroatoms. The summed E-state index contributed by atoms with van der Waals surface area (Å²) in [6, 6.07) is 0. The fraction of sp³-hybridized carbons (Fsp3) is 0.917. The van der Waals surface area contributed by atoms with Crippen LogP contribution in [0.2, 0.25) is 0 Å². The molecule has 0 spiro atoms. The Morgan fingerprint density at radius 3 is 2.52 bits per heavy atom. The van der Waals surface area contributed by atoms with Crippen LogP contribution < -0.4 is 0 Å². The number of rotatable bonds is 4. The lowest BCUT2D eigenvalue weighted by molar-refractivity contribution is -0.211. The summed E-state index contributed by atoms with van der Waals surface area (Å²) in [5.41, 5.74) is -0.149. The number of aliphatic hydroxyl groups is 2. The standard InChI is InChI=1S/C24H38O5/c1-14(13-24(28,29)21(26)27)17-9-10-18-16-8-7-15-6-4-5-11-22(15,2)19(16)12-20(25)23(17,18)3/h14-19,28-29H,4-13H2,1-3H3,(H,26,27)/t14-,15?,16+,17-,18+,19+,22+,23-/m1/s1. The lowest BCUT2D eigenvalue weighted by Crippen LogP contribution is -2.57. The highest BCUT2D eigenvalue weighted by Crippen LogP contribution is 2.67. The smallest absolute Gasteiger partial charge is 0.364 e. The molecule has 5 nitrogen and oxygen atoms in total. The molecule has 0 aromatic rings. The van der Waals surface area contributed by atoms with Crippen molar-refractivity contribution in [1.82, 2.24) is 0 Å². The Morgan fingerprint density at radius 2 is 1.83 bits per heavy atom. The summed E-state index contributed by atoms with van der Waals surface area (Å²) in [5.74, 6) is -1.97. The minimum absolute atomic E-state index is 0.0239. The second-order valence-corrected chi connectivity index (χ2v) is 11.3. The molecule has 0 aliphatic heterocycles. The van der Waals surface area contributed by atoms with Gasteiger partial charge in [-0.05, 0) is 79.4 Å². The molecule has 29 heavy (non-hydrogen) atoms. The van der Waals surface area contributed by atoms with Gasteiger partial charge in [-0.1, -0.05) is 33.6 Å². The Hall–Kier alpha value is -0.940. The van der Waals surface area contributed by atoms with Crippen LogP contribution in [0.3, 0.4) is 0 Å². The molecule has 0 amide bonds. The molecule has 0 aromatic carbocycles. The van der Waals surface area contributed by atoms with Crippen LogP contribution in [0.1, 0.15) is 85.0 Å². The maximum Gasteiger partial charge on any atom is 0.364 e. The van der Waals surface area contributed by atoms with E-state index in [0.29, 0.717) is 35.4 Å². The minimum Gasteiger partial charge on any atom is -0.477 e. The summed E-state index contributed by atoms with van der Waals surface area (Å²) < 4.78 is 0. The van der Waals surface area contributed by atoms with Gasteiger partial charge in [-0.2, -0.15) is 0 Å². The van der Waals surface area contributed by atoms with E-state index in [2.05, 4.69) is 13.8 Å². The fourth-order valence-corrected chi connectivity index (χ4v) is 8.62. The van der Waals surface area contributed by atoms with E-state index in [-0.39, 0.29) is 18.3 Å². The average molecular weight is 407 g/mol. The van der Waals surface area contributed by atoms with Crippen molar-refractivity contribution in [3.05, 3.63) is 0 Å². The fourth-order valence-electron chi connectivity index (χ4n) is 8.62. The molecule has 1 unspecified atom stereocenters. The number of carbonyl (C=O) groups is 2. The van der Waals surface area contributed by atoms with Crippen molar-refractivity contribution >= 4 is 11.8 Å². The van der Waals surface area contributed by atoms with Gasteiger partial charge in [-0.15, -0.1) is 0 Å². The summed E-state index contributed by atoms with van der Waals surface area (Å²) in [7, 11) is 0. The summed E-state index contributed by atoms with van der Waals surface area (Å²) in [4.78, 5) is 24.8. The molecule has 8 atom stereocenters. The molecule has 4 aliphatic rings. The highest BCUT2D eigenvalue weighted by Gasteiger charge is 2.64. The Morgan fingerprint density at radius 1 is 1.10 bits per heavy atom. The molecule has 0 bridgehead atoms. The summed E-state index contributed by atoms with van der Waals surface area (Å²) >= 11 is 0. The van der Waals surface area contributed by atoms with Gasteiger partial charge < -0.3 is 15.3 Å². The Balaban J connectivity index is 1.59. The average Bonchev–Trinajstić information content (AvgIpc) is 3.00. The summed E-state index contributed by atoms with van der Waals surface area (Å²) in [6.07, 6.45) is 10.0. The number of Topliss-reactive ketones (excluding diaryl/α,β-unsaturated/α-hetero) is 1. The van der Waals surface area contributed by atoms with Gasteiger partial charge in [0.2, 0.25) is 0 Å². The SMILES string of the molecule is C[C@H](CC(O)(O)C(=O)O)[C@H]1CC[C@H]2[C@@H]3CCC4CCCC[C@]4(C)[C@H]3CC(=O)[C@]12C. The van der Waals surface area contributed by atoms with Crippen molar-refractivity contribution < 1.29 is 24.9 Å². The van der Waals surface area contributed by atoms with E-state index in [4.69, 9.17) is 5.11 Å². The number of carbonyl (C=O) groups excluding carboxylic acids is 1. The lowest BCUT2D eigenvalue weighted by Gasteiger charge is -2.60. The van der Waals surface area contributed by atoms with E-state index < -0.39 is 17.2 Å². The van der Waals surface area contributed by atoms with Crippen molar-refractivity contribution in [2.75, 3.05) is 0 Å². The number of carboxylic acids is 1. The second kappa shape index (κ2) is 7.05. The molecule has 164 valence electrons. The first-order valence-corrected chi connectivity index (χ1v) is 11.7. The van der Waals surface area contributed by atoms with Gasteiger partial charge in [0.05, 0.1) is 0 Å². The lowest BCUT2D eigenvalue weighted by atomic mass is 9.44. The molecule has 4 fully saturated rings. The van der Waals surface area contributed by atoms with Crippen LogP contribution in [-0.2, 0) is 9.59 Å². The van der Waals surface area contributed by atoms with Crippen molar-refractivity contribution in [3.63, 3.8) is 0 Å². The maximum absolute atomic E-state index is 13.6. The highest BCUT2D eigenvalue weighted by molar-refractivity contribution is 5.87. The molecule has 4 aliphatic carbocycles. The molecule has 0 aromatic heterocycles. The second-order valence-electron chi connectivity index (χ2n) is 11.3. The van der Waals surface area contributed by atoms with Gasteiger partial charge >= 0.3 is 5.97 Å². The Bertz CT molecular complexity index is 687. The van der Waals surface area contributed by atoms with E-state index in [9.17, 15) is 19.8 Å². The van der Waals surface area contributed by atoms with E-state index in [0.717, 1.165) is 18.8 Å². The zero-order chi connectivity index (χ0) is 21.2. The topological polar surface area (TPSA) is 94.8 Å². The molecule has 3 N–H and O–H groups in total. The Kier molecular flexibility index (Phi) is 5.18. The van der Waals surface area contributed by atoms with Crippen LogP contribution in [0, 0.1) is 46.3 Å². The zero-order valence-electron chi connectivity index (χ0n) is 18.2. The van der Waals surface area contributed by atoms with E-state index in [1.807, 2.05) is 6.92 Å². The predicted molar refractivity (Wildman–Crippen MR) is 109 cm³/mol. The molecule has 0 heterocycles. The van der Waals surface area contributed by atoms with Gasteiger partial charge in [-0.25, -0.2) is 4.79 Å². The monoisotopic (exact) mass is 406 g/mol. The third-order valence-corrected chi connectivity index (χ3v) is 10.2. The number of ketones is 1. The largest absolute Gasteiger partial charge is 0.477 e. The van der Waals surface area contributed by atoms with Crippen molar-refractivity contribution in [2.24, 2.45) is 46.3 Å². The normalized spacial score (nSPS) is 45.8. The Labute approximate surface area is 174 Å². The zero-order valence-corrected chi connectivity index (χ0v) is 18.2. The summed E-state index contributed by atoms with van der Waals surface area (Å²) in [6.45, 7) is 6.45. The van der Waals surface area contributed by atoms with Crippen LogP contribution in [0.4, 0.5) is 0 Å². The molecule has 4 rings (SSSR count). The summed E-state index contributed by atoms with van der Waals surface area (Å²) in [5, 5.41) is 28.9. The molecular formula is C24H38O5. The van der Waals surface area contributed by atoms with Crippen LogP contribution in [0.5, 0.6) is 0 Å². The van der Waals surface area contributed by atoms with Gasteiger partial charge in [0, 0.05) is 18.3 Å². The first-order chi connectivity index (χ1) is 13.5. The van der Waals surface area contributed by atoms with Crippen LogP contribution in [0.15, 0.2) is 0 Å². The molecule has 0 radical (unpaired) electrons. The van der Waals surface area contributed by atoms with Gasteiger partial charge in [-0.3, -0.25) is 4.79 Å². The molecular weight excluding hydrogens is 368 g/mol. The van der Waals surface area contributed by atoms with Crippen molar-refractivity contribution in [1.29, 1.82) is 0 Å². The number of carboxylic acid groups (broad SMARTS) is 1. The van der Waals surface area contributed by atoms with Crippen LogP contribution in [-0.4, -0.2) is 32.9 Å². The minimum atomic E-state index is -2.72. The number of aliphatic carboxylic acids is 1. The third-order valence-electron chi connectivity index (χ3n) is 10.2. The highest BCUT2D eigenvalue weighted by atomic mass is 16.5. The number of hydrogen-bond donors (Lipinski definition) is 3. The molecule has 4 saturated carbocycles. The number of hydrogen-bond acceptors (Lipinski definition) is 4. The first-order valence-electron chi connectivity index (χ1n) is 11.7. The number of fused-ring (bicyclic) bond motifs is 5. The molecule has 0 saturated heterocycles. The van der Waals surface area contributed by atoms with Crippen LogP contribution >= 0.6 is 0 Å². The van der Waals surface area contributed by atoms with E-state index >= 15 is 0 Å². The first kappa shape index (κ1) is 21.3. The quantitative estimate of drug-likeness (QED) is 0.613. The van der Waals surface area contributed by atoms with Crippen molar-refractivity contribution in [3.8, 4) is 0 Å². The van der Waals surface area contributed by atoms with E-state index in [1.54, 1.807) is 0 Å². The predicted octanol–water partition coefficient (Wildman–Crippen LogP) is 4.01.